The largest absolute Gasteiger partial charge is 0.356 e. The second-order valence-electron chi connectivity index (χ2n) is 8.34. The molecule has 146 valence electrons. The first kappa shape index (κ1) is 19.9. The summed E-state index contributed by atoms with van der Waals surface area (Å²) in [5, 5.41) is 12.2. The second-order valence-corrected chi connectivity index (χ2v) is 8.34. The molecule has 2 fully saturated rings. The normalized spacial score (nSPS) is 25.1. The Morgan fingerprint density at radius 3 is 2.81 bits per heavy atom. The average Bonchev–Trinajstić information content (AvgIpc) is 3.21. The standard InChI is InChI=1S/C19H32N6.HI/c1-15-22-23-17-7-6-16(13-25(15)17)12-21-18(20-2)24-11-10-19(14-24)8-4-3-5-9-19;/h16H,3-14H2,1-2H3,(H,20,21);1H. The molecule has 1 aromatic heterocycles. The lowest BCUT2D eigenvalue weighted by atomic mass is 9.73. The van der Waals surface area contributed by atoms with Gasteiger partial charge in [0.15, 0.2) is 5.96 Å². The minimum atomic E-state index is 0. The van der Waals surface area contributed by atoms with Crippen molar-refractivity contribution in [3.8, 4) is 0 Å². The van der Waals surface area contributed by atoms with E-state index in [1.165, 1.54) is 58.0 Å². The van der Waals surface area contributed by atoms with Crippen molar-refractivity contribution in [1.82, 2.24) is 25.0 Å². The molecule has 1 N–H and O–H groups in total. The van der Waals surface area contributed by atoms with Gasteiger partial charge in [-0.3, -0.25) is 4.99 Å². The molecule has 3 heterocycles. The van der Waals surface area contributed by atoms with Crippen LogP contribution in [-0.2, 0) is 13.0 Å². The molecule has 1 aliphatic carbocycles. The van der Waals surface area contributed by atoms with E-state index < -0.39 is 0 Å². The summed E-state index contributed by atoms with van der Waals surface area (Å²) in [4.78, 5) is 7.09. The zero-order valence-corrected chi connectivity index (χ0v) is 18.5. The van der Waals surface area contributed by atoms with Crippen molar-refractivity contribution in [2.24, 2.45) is 16.3 Å². The Bertz CT molecular complexity index is 634. The highest BCUT2D eigenvalue weighted by molar-refractivity contribution is 14.0. The number of hydrogen-bond acceptors (Lipinski definition) is 3. The molecular weight excluding hydrogens is 439 g/mol. The number of nitrogens with zero attached hydrogens (tertiary/aromatic N) is 5. The fraction of sp³-hybridized carbons (Fsp3) is 0.842. The van der Waals surface area contributed by atoms with E-state index in [1.807, 2.05) is 7.05 Å². The van der Waals surface area contributed by atoms with Gasteiger partial charge in [0.25, 0.3) is 0 Å². The van der Waals surface area contributed by atoms with Crippen LogP contribution in [0, 0.1) is 18.3 Å². The van der Waals surface area contributed by atoms with Crippen LogP contribution in [0.5, 0.6) is 0 Å². The monoisotopic (exact) mass is 472 g/mol. The highest BCUT2D eigenvalue weighted by Gasteiger charge is 2.39. The number of aryl methyl sites for hydroxylation is 2. The Kier molecular flexibility index (Phi) is 6.45. The van der Waals surface area contributed by atoms with Crippen LogP contribution in [0.25, 0.3) is 0 Å². The SMILES string of the molecule is CN=C(NCC1CCc2nnc(C)n2C1)N1CCC2(CCCCC2)C1.I. The molecule has 1 saturated heterocycles. The van der Waals surface area contributed by atoms with Gasteiger partial charge >= 0.3 is 0 Å². The molecule has 1 aromatic rings. The molecule has 1 atom stereocenters. The smallest absolute Gasteiger partial charge is 0.193 e. The molecule has 0 bridgehead atoms. The summed E-state index contributed by atoms with van der Waals surface area (Å²) >= 11 is 0. The van der Waals surface area contributed by atoms with Crippen molar-refractivity contribution in [3.05, 3.63) is 11.6 Å². The maximum Gasteiger partial charge on any atom is 0.193 e. The van der Waals surface area contributed by atoms with Crippen LogP contribution in [0.2, 0.25) is 0 Å². The Balaban J connectivity index is 0.00000196. The van der Waals surface area contributed by atoms with E-state index in [-0.39, 0.29) is 24.0 Å². The van der Waals surface area contributed by atoms with Gasteiger partial charge in [-0.05, 0) is 43.9 Å². The first-order valence-electron chi connectivity index (χ1n) is 10.0. The first-order valence-corrected chi connectivity index (χ1v) is 10.0. The molecule has 26 heavy (non-hydrogen) atoms. The van der Waals surface area contributed by atoms with Gasteiger partial charge in [-0.1, -0.05) is 19.3 Å². The van der Waals surface area contributed by atoms with E-state index >= 15 is 0 Å². The lowest BCUT2D eigenvalue weighted by molar-refractivity contribution is 0.203. The molecule has 1 unspecified atom stereocenters. The van der Waals surface area contributed by atoms with E-state index in [9.17, 15) is 0 Å². The Labute approximate surface area is 174 Å². The molecule has 4 rings (SSSR count). The van der Waals surface area contributed by atoms with Crippen LogP contribution >= 0.6 is 24.0 Å². The fourth-order valence-electron chi connectivity index (χ4n) is 5.09. The van der Waals surface area contributed by atoms with Crippen molar-refractivity contribution in [1.29, 1.82) is 0 Å². The van der Waals surface area contributed by atoms with Gasteiger partial charge in [-0.25, -0.2) is 0 Å². The van der Waals surface area contributed by atoms with Gasteiger partial charge in [-0.15, -0.1) is 34.2 Å². The summed E-state index contributed by atoms with van der Waals surface area (Å²) in [6, 6.07) is 0. The van der Waals surface area contributed by atoms with Crippen LogP contribution in [0.15, 0.2) is 4.99 Å². The van der Waals surface area contributed by atoms with Gasteiger partial charge in [0.2, 0.25) is 0 Å². The van der Waals surface area contributed by atoms with Gasteiger partial charge < -0.3 is 14.8 Å². The Hall–Kier alpha value is -0.860. The molecule has 6 nitrogen and oxygen atoms in total. The zero-order chi connectivity index (χ0) is 17.3. The highest BCUT2D eigenvalue weighted by atomic mass is 127. The van der Waals surface area contributed by atoms with Crippen molar-refractivity contribution in [3.63, 3.8) is 0 Å². The topological polar surface area (TPSA) is 58.3 Å². The molecule has 7 heteroatoms. The van der Waals surface area contributed by atoms with Crippen molar-refractivity contribution in [2.75, 3.05) is 26.7 Å². The van der Waals surface area contributed by atoms with Crippen molar-refractivity contribution < 1.29 is 0 Å². The number of rotatable bonds is 2. The minimum absolute atomic E-state index is 0. The number of fused-ring (bicyclic) bond motifs is 1. The molecule has 0 amide bonds. The first-order chi connectivity index (χ1) is 12.2. The van der Waals surface area contributed by atoms with E-state index in [1.54, 1.807) is 0 Å². The van der Waals surface area contributed by atoms with Gasteiger partial charge in [0, 0.05) is 39.6 Å². The molecular formula is C19H33IN6. The number of halogens is 1. The molecule has 0 radical (unpaired) electrons. The summed E-state index contributed by atoms with van der Waals surface area (Å²) in [7, 11) is 1.93. The third-order valence-corrected chi connectivity index (χ3v) is 6.64. The summed E-state index contributed by atoms with van der Waals surface area (Å²) < 4.78 is 2.28. The fourth-order valence-corrected chi connectivity index (χ4v) is 5.09. The number of aromatic nitrogens is 3. The molecule has 3 aliphatic rings. The second kappa shape index (κ2) is 8.44. The lowest BCUT2D eigenvalue weighted by Crippen LogP contribution is -2.44. The molecule has 2 aliphatic heterocycles. The lowest BCUT2D eigenvalue weighted by Gasteiger charge is -2.34. The average molecular weight is 472 g/mol. The summed E-state index contributed by atoms with van der Waals surface area (Å²) in [5.41, 5.74) is 0.579. The molecule has 1 saturated carbocycles. The van der Waals surface area contributed by atoms with Gasteiger partial charge in [0.05, 0.1) is 0 Å². The summed E-state index contributed by atoms with van der Waals surface area (Å²) in [6.45, 7) is 6.44. The van der Waals surface area contributed by atoms with Crippen LogP contribution in [0.3, 0.4) is 0 Å². The van der Waals surface area contributed by atoms with Crippen molar-refractivity contribution >= 4 is 29.9 Å². The Morgan fingerprint density at radius 2 is 2.04 bits per heavy atom. The predicted octanol–water partition coefficient (Wildman–Crippen LogP) is 3.00. The van der Waals surface area contributed by atoms with E-state index in [0.29, 0.717) is 11.3 Å². The van der Waals surface area contributed by atoms with Crippen LogP contribution in [0.1, 0.15) is 56.6 Å². The quantitative estimate of drug-likeness (QED) is 0.409. The van der Waals surface area contributed by atoms with Crippen LogP contribution in [-0.4, -0.2) is 52.3 Å². The van der Waals surface area contributed by atoms with Crippen LogP contribution < -0.4 is 5.32 Å². The third kappa shape index (κ3) is 4.02. The van der Waals surface area contributed by atoms with E-state index in [2.05, 4.69) is 36.9 Å². The molecule has 1 spiro atoms. The van der Waals surface area contributed by atoms with E-state index in [0.717, 1.165) is 37.1 Å². The number of likely N-dealkylation sites (tertiary alicyclic amines) is 1. The third-order valence-electron chi connectivity index (χ3n) is 6.64. The maximum atomic E-state index is 4.58. The molecule has 0 aromatic carbocycles. The number of hydrogen-bond donors (Lipinski definition) is 1. The van der Waals surface area contributed by atoms with Gasteiger partial charge in [-0.2, -0.15) is 0 Å². The Morgan fingerprint density at radius 1 is 1.23 bits per heavy atom. The minimum Gasteiger partial charge on any atom is -0.356 e. The number of nitrogens with one attached hydrogen (secondary N) is 1. The maximum absolute atomic E-state index is 4.58. The number of aliphatic imine (C=N–C) groups is 1. The highest BCUT2D eigenvalue weighted by Crippen LogP contribution is 2.43. The van der Waals surface area contributed by atoms with Crippen molar-refractivity contribution in [2.45, 2.75) is 64.8 Å². The summed E-state index contributed by atoms with van der Waals surface area (Å²) in [6.07, 6.45) is 10.7. The predicted molar refractivity (Wildman–Crippen MR) is 115 cm³/mol. The summed E-state index contributed by atoms with van der Waals surface area (Å²) in [5.74, 6) is 3.93. The van der Waals surface area contributed by atoms with Crippen LogP contribution in [0.4, 0.5) is 0 Å². The number of guanidine groups is 1. The van der Waals surface area contributed by atoms with E-state index in [4.69, 9.17) is 0 Å². The van der Waals surface area contributed by atoms with Gasteiger partial charge in [0.1, 0.15) is 11.6 Å². The zero-order valence-electron chi connectivity index (χ0n) is 16.2.